The van der Waals surface area contributed by atoms with Crippen molar-refractivity contribution >= 4 is 27.5 Å². The van der Waals surface area contributed by atoms with Crippen LogP contribution >= 0.6 is 27.5 Å². The number of rotatable bonds is 3. The second-order valence-corrected chi connectivity index (χ2v) is 4.93. The summed E-state index contributed by atoms with van der Waals surface area (Å²) in [5.74, 6) is -0.873. The van der Waals surface area contributed by atoms with Crippen LogP contribution in [0.25, 0.3) is 0 Å². The first-order chi connectivity index (χ1) is 9.02. The van der Waals surface area contributed by atoms with E-state index in [1.807, 2.05) is 0 Å². The van der Waals surface area contributed by atoms with Gasteiger partial charge in [0.25, 0.3) is 0 Å². The molecule has 0 radical (unpaired) electrons. The van der Waals surface area contributed by atoms with E-state index in [1.165, 1.54) is 18.2 Å². The lowest BCUT2D eigenvalue weighted by Gasteiger charge is -2.10. The van der Waals surface area contributed by atoms with E-state index in [2.05, 4.69) is 15.9 Å². The highest BCUT2D eigenvalue weighted by atomic mass is 79.9. The first kappa shape index (κ1) is 14.2. The number of halogens is 4. The van der Waals surface area contributed by atoms with E-state index in [1.54, 1.807) is 6.07 Å². The highest BCUT2D eigenvalue weighted by molar-refractivity contribution is 9.10. The van der Waals surface area contributed by atoms with Crippen molar-refractivity contribution in [1.29, 1.82) is 0 Å². The van der Waals surface area contributed by atoms with Gasteiger partial charge in [0.15, 0.2) is 11.6 Å². The van der Waals surface area contributed by atoms with Crippen LogP contribution < -0.4 is 10.5 Å². The standard InChI is InChI=1S/C13H9BrClF2NO/c14-12-7(6-18)1-4-11(13(12)17)19-8-2-3-10(16)9(15)5-8/h1-5H,6,18H2. The zero-order valence-electron chi connectivity index (χ0n) is 9.59. The van der Waals surface area contributed by atoms with Gasteiger partial charge >= 0.3 is 0 Å². The summed E-state index contributed by atoms with van der Waals surface area (Å²) in [6, 6.07) is 6.90. The Balaban J connectivity index is 2.33. The predicted octanol–water partition coefficient (Wildman–Crippen LogP) is 4.63. The lowest BCUT2D eigenvalue weighted by Crippen LogP contribution is -2.00. The van der Waals surface area contributed by atoms with Gasteiger partial charge in [-0.2, -0.15) is 0 Å². The third-order valence-corrected chi connectivity index (χ3v) is 3.61. The average molecular weight is 349 g/mol. The smallest absolute Gasteiger partial charge is 0.180 e. The summed E-state index contributed by atoms with van der Waals surface area (Å²) in [6.45, 7) is 0.208. The molecule has 0 aromatic heterocycles. The van der Waals surface area contributed by atoms with E-state index in [4.69, 9.17) is 22.1 Å². The van der Waals surface area contributed by atoms with Crippen molar-refractivity contribution < 1.29 is 13.5 Å². The van der Waals surface area contributed by atoms with E-state index in [0.29, 0.717) is 5.56 Å². The summed E-state index contributed by atoms with van der Waals surface area (Å²) in [7, 11) is 0. The Kier molecular flexibility index (Phi) is 4.39. The summed E-state index contributed by atoms with van der Waals surface area (Å²) in [5.41, 5.74) is 6.09. The van der Waals surface area contributed by atoms with Gasteiger partial charge in [-0.15, -0.1) is 0 Å². The minimum atomic E-state index is -0.566. The maximum absolute atomic E-state index is 14.0. The van der Waals surface area contributed by atoms with E-state index < -0.39 is 11.6 Å². The minimum Gasteiger partial charge on any atom is -0.454 e. The van der Waals surface area contributed by atoms with Gasteiger partial charge in [-0.05, 0) is 39.7 Å². The van der Waals surface area contributed by atoms with Crippen LogP contribution in [-0.2, 0) is 6.54 Å². The van der Waals surface area contributed by atoms with Crippen LogP contribution in [0.2, 0.25) is 5.02 Å². The van der Waals surface area contributed by atoms with Crippen LogP contribution in [-0.4, -0.2) is 0 Å². The van der Waals surface area contributed by atoms with Crippen LogP contribution in [0, 0.1) is 11.6 Å². The molecule has 100 valence electrons. The Morgan fingerprint density at radius 3 is 2.58 bits per heavy atom. The highest BCUT2D eigenvalue weighted by Crippen LogP contribution is 2.32. The second-order valence-electron chi connectivity index (χ2n) is 3.73. The Labute approximate surface area is 122 Å². The number of nitrogens with two attached hydrogens (primary N) is 1. The average Bonchev–Trinajstić information content (AvgIpc) is 2.40. The molecule has 0 atom stereocenters. The van der Waals surface area contributed by atoms with Crippen molar-refractivity contribution in [2.24, 2.45) is 5.73 Å². The lowest BCUT2D eigenvalue weighted by atomic mass is 10.2. The maximum Gasteiger partial charge on any atom is 0.180 e. The van der Waals surface area contributed by atoms with Gasteiger partial charge in [-0.25, -0.2) is 8.78 Å². The fourth-order valence-corrected chi connectivity index (χ4v) is 2.14. The zero-order chi connectivity index (χ0) is 14.0. The lowest BCUT2D eigenvalue weighted by molar-refractivity contribution is 0.438. The van der Waals surface area contributed by atoms with E-state index in [-0.39, 0.29) is 27.5 Å². The van der Waals surface area contributed by atoms with Gasteiger partial charge in [-0.3, -0.25) is 0 Å². The molecule has 0 spiro atoms. The van der Waals surface area contributed by atoms with E-state index in [0.717, 1.165) is 6.07 Å². The molecule has 0 saturated carbocycles. The zero-order valence-corrected chi connectivity index (χ0v) is 11.9. The van der Waals surface area contributed by atoms with Crippen LogP contribution in [0.5, 0.6) is 11.5 Å². The molecule has 0 heterocycles. The summed E-state index contributed by atoms with van der Waals surface area (Å²) < 4.78 is 32.6. The summed E-state index contributed by atoms with van der Waals surface area (Å²) >= 11 is 8.73. The highest BCUT2D eigenvalue weighted by Gasteiger charge is 2.13. The van der Waals surface area contributed by atoms with Crippen molar-refractivity contribution in [3.8, 4) is 11.5 Å². The summed E-state index contributed by atoms with van der Waals surface area (Å²) in [4.78, 5) is 0. The first-order valence-corrected chi connectivity index (χ1v) is 6.50. The molecule has 2 aromatic carbocycles. The van der Waals surface area contributed by atoms with Crippen LogP contribution in [0.3, 0.4) is 0 Å². The van der Waals surface area contributed by atoms with E-state index in [9.17, 15) is 8.78 Å². The Hall–Kier alpha value is -1.17. The third kappa shape index (κ3) is 3.05. The van der Waals surface area contributed by atoms with Gasteiger partial charge < -0.3 is 10.5 Å². The molecule has 0 fully saturated rings. The molecule has 0 aliphatic carbocycles. The molecule has 2 aromatic rings. The minimum absolute atomic E-state index is 0.00625. The molecule has 0 aliphatic heterocycles. The quantitative estimate of drug-likeness (QED) is 0.877. The SMILES string of the molecule is NCc1ccc(Oc2ccc(F)c(Cl)c2)c(F)c1Br. The van der Waals surface area contributed by atoms with Crippen LogP contribution in [0.4, 0.5) is 8.78 Å². The number of hydrogen-bond acceptors (Lipinski definition) is 2. The molecule has 2 nitrogen and oxygen atoms in total. The van der Waals surface area contributed by atoms with Gasteiger partial charge in [0, 0.05) is 12.6 Å². The van der Waals surface area contributed by atoms with Crippen LogP contribution in [0.15, 0.2) is 34.8 Å². The molecule has 19 heavy (non-hydrogen) atoms. The molecule has 0 unspecified atom stereocenters. The summed E-state index contributed by atoms with van der Waals surface area (Å²) in [5, 5.41) is -0.0875. The molecule has 2 rings (SSSR count). The molecular weight excluding hydrogens is 340 g/mol. The van der Waals surface area contributed by atoms with Gasteiger partial charge in [0.2, 0.25) is 0 Å². The number of hydrogen-bond donors (Lipinski definition) is 1. The Bertz CT molecular complexity index is 622. The summed E-state index contributed by atoms with van der Waals surface area (Å²) in [6.07, 6.45) is 0. The third-order valence-electron chi connectivity index (χ3n) is 2.47. The normalized spacial score (nSPS) is 10.6. The topological polar surface area (TPSA) is 35.2 Å². The van der Waals surface area contributed by atoms with Crippen molar-refractivity contribution in [2.75, 3.05) is 0 Å². The Morgan fingerprint density at radius 2 is 1.95 bits per heavy atom. The van der Waals surface area contributed by atoms with E-state index >= 15 is 0 Å². The fraction of sp³-hybridized carbons (Fsp3) is 0.0769. The van der Waals surface area contributed by atoms with Crippen molar-refractivity contribution in [2.45, 2.75) is 6.54 Å². The molecule has 2 N–H and O–H groups in total. The molecule has 0 saturated heterocycles. The molecule has 0 bridgehead atoms. The maximum atomic E-state index is 14.0. The molecule has 6 heteroatoms. The fourth-order valence-electron chi connectivity index (χ4n) is 1.48. The van der Waals surface area contributed by atoms with Gasteiger partial charge in [0.05, 0.1) is 9.50 Å². The largest absolute Gasteiger partial charge is 0.454 e. The van der Waals surface area contributed by atoms with Gasteiger partial charge in [0.1, 0.15) is 11.6 Å². The Morgan fingerprint density at radius 1 is 1.21 bits per heavy atom. The molecule has 0 aliphatic rings. The van der Waals surface area contributed by atoms with Crippen molar-refractivity contribution in [3.63, 3.8) is 0 Å². The van der Waals surface area contributed by atoms with Crippen molar-refractivity contribution in [3.05, 3.63) is 57.0 Å². The second kappa shape index (κ2) is 5.86. The molecular formula is C13H9BrClF2NO. The van der Waals surface area contributed by atoms with Crippen molar-refractivity contribution in [1.82, 2.24) is 0 Å². The number of benzene rings is 2. The number of ether oxygens (including phenoxy) is 1. The van der Waals surface area contributed by atoms with Crippen LogP contribution in [0.1, 0.15) is 5.56 Å². The molecule has 0 amide bonds. The first-order valence-electron chi connectivity index (χ1n) is 5.32. The monoisotopic (exact) mass is 347 g/mol. The van der Waals surface area contributed by atoms with Gasteiger partial charge in [-0.1, -0.05) is 17.7 Å². The predicted molar refractivity (Wildman–Crippen MR) is 73.5 cm³/mol.